The van der Waals surface area contributed by atoms with Crippen LogP contribution in [0.1, 0.15) is 31.7 Å². The Morgan fingerprint density at radius 2 is 1.90 bits per heavy atom. The molecule has 9 heteroatoms. The number of carbonyl (C=O) groups excluding carboxylic acids is 2. The van der Waals surface area contributed by atoms with Gasteiger partial charge in [-0.2, -0.15) is 5.10 Å². The minimum Gasteiger partial charge on any atom is -0.493 e. The molecule has 2 amide bonds. The summed E-state index contributed by atoms with van der Waals surface area (Å²) in [5.74, 6) is 1.95. The van der Waals surface area contributed by atoms with Crippen LogP contribution in [0.15, 0.2) is 24.4 Å². The van der Waals surface area contributed by atoms with Gasteiger partial charge in [0.05, 0.1) is 34.1 Å². The van der Waals surface area contributed by atoms with E-state index in [0.717, 1.165) is 12.0 Å². The van der Waals surface area contributed by atoms with Crippen molar-refractivity contribution in [2.45, 2.75) is 38.8 Å². The first-order valence-corrected chi connectivity index (χ1v) is 9.94. The van der Waals surface area contributed by atoms with Crippen molar-refractivity contribution in [3.05, 3.63) is 30.0 Å². The molecule has 2 heterocycles. The van der Waals surface area contributed by atoms with Crippen LogP contribution in [-0.2, 0) is 16.1 Å². The predicted octanol–water partition coefficient (Wildman–Crippen LogP) is 2.30. The molecular weight excluding hydrogens is 388 g/mol. The van der Waals surface area contributed by atoms with Crippen molar-refractivity contribution in [1.82, 2.24) is 14.7 Å². The molecule has 0 bridgehead atoms. The lowest BCUT2D eigenvalue weighted by Crippen LogP contribution is -2.43. The Morgan fingerprint density at radius 3 is 2.57 bits per heavy atom. The number of benzene rings is 1. The van der Waals surface area contributed by atoms with E-state index in [-0.39, 0.29) is 11.8 Å². The lowest BCUT2D eigenvalue weighted by atomic mass is 10.1. The van der Waals surface area contributed by atoms with Gasteiger partial charge in [0.15, 0.2) is 11.5 Å². The van der Waals surface area contributed by atoms with E-state index in [1.165, 1.54) is 0 Å². The molecule has 0 unspecified atom stereocenters. The van der Waals surface area contributed by atoms with Crippen LogP contribution in [0.4, 0.5) is 5.82 Å². The summed E-state index contributed by atoms with van der Waals surface area (Å²) in [6.07, 6.45) is 3.49. The normalized spacial score (nSPS) is 15.7. The van der Waals surface area contributed by atoms with Crippen molar-refractivity contribution in [2.24, 2.45) is 0 Å². The summed E-state index contributed by atoms with van der Waals surface area (Å²) in [6, 6.07) is 4.94. The van der Waals surface area contributed by atoms with Crippen LogP contribution in [0, 0.1) is 0 Å². The molecular formula is C21H28N4O5. The second kappa shape index (κ2) is 9.51. The van der Waals surface area contributed by atoms with E-state index >= 15 is 0 Å². The first-order valence-electron chi connectivity index (χ1n) is 9.94. The summed E-state index contributed by atoms with van der Waals surface area (Å²) in [4.78, 5) is 26.6. The van der Waals surface area contributed by atoms with E-state index in [2.05, 4.69) is 10.4 Å². The van der Waals surface area contributed by atoms with Gasteiger partial charge in [0.25, 0.3) is 0 Å². The van der Waals surface area contributed by atoms with E-state index in [9.17, 15) is 9.59 Å². The Bertz CT molecular complexity index is 911. The van der Waals surface area contributed by atoms with E-state index < -0.39 is 6.04 Å². The number of nitrogens with zero attached hydrogens (tertiary/aromatic N) is 3. The molecule has 1 aromatic heterocycles. The first-order chi connectivity index (χ1) is 14.5. The molecule has 0 aliphatic carbocycles. The van der Waals surface area contributed by atoms with Gasteiger partial charge in [-0.15, -0.1) is 0 Å². The molecule has 1 aliphatic rings. The molecule has 1 atom stereocenters. The molecule has 0 saturated carbocycles. The Balaban J connectivity index is 1.80. The van der Waals surface area contributed by atoms with Crippen molar-refractivity contribution in [2.75, 3.05) is 33.2 Å². The number of methoxy groups -OCH3 is 3. The Hall–Kier alpha value is -3.23. The van der Waals surface area contributed by atoms with E-state index in [4.69, 9.17) is 14.2 Å². The van der Waals surface area contributed by atoms with E-state index in [0.29, 0.717) is 49.0 Å². The number of hydrogen-bond acceptors (Lipinski definition) is 6. The minimum atomic E-state index is -0.448. The van der Waals surface area contributed by atoms with Crippen LogP contribution in [0.2, 0.25) is 0 Å². The zero-order valence-corrected chi connectivity index (χ0v) is 17.8. The van der Waals surface area contributed by atoms with E-state index in [1.54, 1.807) is 56.2 Å². The molecule has 1 N–H and O–H groups in total. The average molecular weight is 416 g/mol. The SMILES string of the molecule is CCC(=O)N1CCC[C@H]1C(=O)Nc1ccnn1Cc1ccc(OC)c(OC)c1OC. The molecule has 1 saturated heterocycles. The maximum atomic E-state index is 12.8. The summed E-state index contributed by atoms with van der Waals surface area (Å²) < 4.78 is 18.0. The second-order valence-electron chi connectivity index (χ2n) is 6.96. The molecule has 9 nitrogen and oxygen atoms in total. The third kappa shape index (κ3) is 4.19. The van der Waals surface area contributed by atoms with Gasteiger partial charge in [0.2, 0.25) is 17.6 Å². The molecule has 1 fully saturated rings. The average Bonchev–Trinajstić information content (AvgIpc) is 3.42. The third-order valence-electron chi connectivity index (χ3n) is 5.25. The summed E-state index contributed by atoms with van der Waals surface area (Å²) in [5, 5.41) is 7.25. The Labute approximate surface area is 175 Å². The highest BCUT2D eigenvalue weighted by atomic mass is 16.5. The summed E-state index contributed by atoms with van der Waals surface area (Å²) in [7, 11) is 4.67. The minimum absolute atomic E-state index is 0.00350. The molecule has 30 heavy (non-hydrogen) atoms. The number of ether oxygens (including phenoxy) is 3. The van der Waals surface area contributed by atoms with Gasteiger partial charge in [-0.05, 0) is 25.0 Å². The number of hydrogen-bond donors (Lipinski definition) is 1. The van der Waals surface area contributed by atoms with Crippen LogP contribution in [0.3, 0.4) is 0 Å². The Morgan fingerprint density at radius 1 is 1.13 bits per heavy atom. The number of nitrogens with one attached hydrogen (secondary N) is 1. The van der Waals surface area contributed by atoms with Gasteiger partial charge in [0, 0.05) is 24.6 Å². The van der Waals surface area contributed by atoms with Gasteiger partial charge in [0.1, 0.15) is 11.9 Å². The molecule has 1 aliphatic heterocycles. The zero-order chi connectivity index (χ0) is 21.7. The van der Waals surface area contributed by atoms with Crippen LogP contribution < -0.4 is 19.5 Å². The standard InChI is InChI=1S/C21H28N4O5/c1-5-18(26)24-12-6-7-15(24)21(27)23-17-10-11-22-25(17)13-14-8-9-16(28-2)20(30-4)19(14)29-3/h8-11,15H,5-7,12-13H2,1-4H3,(H,23,27)/t15-/m0/s1. The van der Waals surface area contributed by atoms with E-state index in [1.807, 2.05) is 6.07 Å². The van der Waals surface area contributed by atoms with Crippen molar-refractivity contribution in [3.8, 4) is 17.2 Å². The molecule has 3 rings (SSSR count). The topological polar surface area (TPSA) is 94.9 Å². The quantitative estimate of drug-likeness (QED) is 0.710. The van der Waals surface area contributed by atoms with Gasteiger partial charge in [-0.3, -0.25) is 9.59 Å². The van der Waals surface area contributed by atoms with Crippen molar-refractivity contribution < 1.29 is 23.8 Å². The summed E-state index contributed by atoms with van der Waals surface area (Å²) in [5.41, 5.74) is 0.818. The van der Waals surface area contributed by atoms with Crippen molar-refractivity contribution in [1.29, 1.82) is 0 Å². The number of likely N-dealkylation sites (tertiary alicyclic amines) is 1. The van der Waals surface area contributed by atoms with Gasteiger partial charge in [-0.25, -0.2) is 4.68 Å². The number of amides is 2. The maximum absolute atomic E-state index is 12.8. The zero-order valence-electron chi connectivity index (χ0n) is 17.8. The number of anilines is 1. The second-order valence-corrected chi connectivity index (χ2v) is 6.96. The molecule has 2 aromatic rings. The molecule has 162 valence electrons. The highest BCUT2D eigenvalue weighted by molar-refractivity contribution is 5.97. The number of aromatic nitrogens is 2. The van der Waals surface area contributed by atoms with Crippen LogP contribution in [0.25, 0.3) is 0 Å². The summed E-state index contributed by atoms with van der Waals surface area (Å²) in [6.45, 7) is 2.78. The van der Waals surface area contributed by atoms with Crippen LogP contribution >= 0.6 is 0 Å². The van der Waals surface area contributed by atoms with Crippen LogP contribution in [0.5, 0.6) is 17.2 Å². The van der Waals surface area contributed by atoms with Crippen LogP contribution in [-0.4, -0.2) is 60.4 Å². The highest BCUT2D eigenvalue weighted by Gasteiger charge is 2.33. The third-order valence-corrected chi connectivity index (χ3v) is 5.25. The van der Waals surface area contributed by atoms with Gasteiger partial charge < -0.3 is 24.4 Å². The largest absolute Gasteiger partial charge is 0.493 e. The van der Waals surface area contributed by atoms with Crippen molar-refractivity contribution in [3.63, 3.8) is 0 Å². The molecule has 0 radical (unpaired) electrons. The predicted molar refractivity (Wildman–Crippen MR) is 111 cm³/mol. The molecule has 0 spiro atoms. The fraction of sp³-hybridized carbons (Fsp3) is 0.476. The highest BCUT2D eigenvalue weighted by Crippen LogP contribution is 2.40. The lowest BCUT2D eigenvalue weighted by molar-refractivity contribution is -0.136. The first kappa shape index (κ1) is 21.5. The fourth-order valence-corrected chi connectivity index (χ4v) is 3.76. The van der Waals surface area contributed by atoms with Gasteiger partial charge in [-0.1, -0.05) is 6.92 Å². The number of carbonyl (C=O) groups is 2. The lowest BCUT2D eigenvalue weighted by Gasteiger charge is -2.23. The smallest absolute Gasteiger partial charge is 0.248 e. The molecule has 1 aromatic carbocycles. The maximum Gasteiger partial charge on any atom is 0.248 e. The van der Waals surface area contributed by atoms with Crippen molar-refractivity contribution >= 4 is 17.6 Å². The summed E-state index contributed by atoms with van der Waals surface area (Å²) >= 11 is 0. The Kier molecular flexibility index (Phi) is 6.81. The monoisotopic (exact) mass is 416 g/mol. The van der Waals surface area contributed by atoms with Gasteiger partial charge >= 0.3 is 0 Å². The number of rotatable bonds is 8. The fourth-order valence-electron chi connectivity index (χ4n) is 3.76.